The molecular formula is C13H13FN2O3. The molecule has 5 nitrogen and oxygen atoms in total. The molecule has 0 aliphatic heterocycles. The average molecular weight is 264 g/mol. The monoisotopic (exact) mass is 264 g/mol. The molecule has 0 saturated carbocycles. The fourth-order valence-electron chi connectivity index (χ4n) is 2.07. The normalized spacial score (nSPS) is 21.9. The maximum absolute atomic E-state index is 12.9. The molecule has 2 unspecified atom stereocenters. The number of nitrogens with zero attached hydrogens (tertiary/aromatic N) is 1. The number of carboxylic acids is 1. The summed E-state index contributed by atoms with van der Waals surface area (Å²) < 4.78 is 12.9. The van der Waals surface area contributed by atoms with E-state index in [4.69, 9.17) is 5.11 Å². The first-order valence-electron chi connectivity index (χ1n) is 5.89. The van der Waals surface area contributed by atoms with Crippen LogP contribution in [0.2, 0.25) is 0 Å². The zero-order valence-electron chi connectivity index (χ0n) is 10.0. The van der Waals surface area contributed by atoms with Crippen LogP contribution in [0.4, 0.5) is 10.2 Å². The van der Waals surface area contributed by atoms with Gasteiger partial charge in [-0.05, 0) is 25.0 Å². The molecule has 0 fully saturated rings. The molecule has 2 N–H and O–H groups in total. The minimum Gasteiger partial charge on any atom is -0.481 e. The van der Waals surface area contributed by atoms with Crippen LogP contribution in [0.3, 0.4) is 0 Å². The summed E-state index contributed by atoms with van der Waals surface area (Å²) in [5.74, 6) is -3.47. The van der Waals surface area contributed by atoms with Gasteiger partial charge in [-0.3, -0.25) is 9.59 Å². The SMILES string of the molecule is O=C(O)C1CC=CCC1C(=O)Nc1cccc(F)n1. The summed E-state index contributed by atoms with van der Waals surface area (Å²) in [6.07, 6.45) is 4.22. The van der Waals surface area contributed by atoms with Crippen LogP contribution in [0.25, 0.3) is 0 Å². The van der Waals surface area contributed by atoms with Gasteiger partial charge >= 0.3 is 5.97 Å². The number of pyridine rings is 1. The number of nitrogens with one attached hydrogen (secondary N) is 1. The lowest BCUT2D eigenvalue weighted by Gasteiger charge is -2.23. The lowest BCUT2D eigenvalue weighted by atomic mass is 9.82. The summed E-state index contributed by atoms with van der Waals surface area (Å²) in [6, 6.07) is 4.04. The molecule has 1 amide bonds. The van der Waals surface area contributed by atoms with Crippen molar-refractivity contribution in [3.05, 3.63) is 36.3 Å². The molecule has 0 saturated heterocycles. The third kappa shape index (κ3) is 3.15. The topological polar surface area (TPSA) is 79.3 Å². The molecule has 6 heteroatoms. The Balaban J connectivity index is 2.10. The number of halogens is 1. The highest BCUT2D eigenvalue weighted by atomic mass is 19.1. The third-order valence-corrected chi connectivity index (χ3v) is 3.05. The molecule has 1 heterocycles. The molecule has 1 aromatic heterocycles. The van der Waals surface area contributed by atoms with Crippen LogP contribution >= 0.6 is 0 Å². The minimum atomic E-state index is -1.00. The lowest BCUT2D eigenvalue weighted by Crippen LogP contribution is -2.34. The lowest BCUT2D eigenvalue weighted by molar-refractivity contribution is -0.146. The van der Waals surface area contributed by atoms with E-state index in [0.717, 1.165) is 0 Å². The summed E-state index contributed by atoms with van der Waals surface area (Å²) >= 11 is 0. The van der Waals surface area contributed by atoms with Crippen LogP contribution in [-0.2, 0) is 9.59 Å². The summed E-state index contributed by atoms with van der Waals surface area (Å²) in [4.78, 5) is 26.6. The quantitative estimate of drug-likeness (QED) is 0.644. The Bertz CT molecular complexity index is 530. The molecule has 0 spiro atoms. The second-order valence-electron chi connectivity index (χ2n) is 4.33. The fraction of sp³-hybridized carbons (Fsp3) is 0.308. The Kier molecular flexibility index (Phi) is 3.89. The number of carboxylic acid groups (broad SMARTS) is 1. The van der Waals surface area contributed by atoms with Crippen LogP contribution in [0, 0.1) is 17.8 Å². The number of aromatic nitrogens is 1. The van der Waals surface area contributed by atoms with Crippen molar-refractivity contribution in [2.75, 3.05) is 5.32 Å². The van der Waals surface area contributed by atoms with E-state index in [0.29, 0.717) is 12.8 Å². The zero-order chi connectivity index (χ0) is 13.8. The summed E-state index contributed by atoms with van der Waals surface area (Å²) in [7, 11) is 0. The number of carbonyl (C=O) groups is 2. The Labute approximate surface area is 109 Å². The minimum absolute atomic E-state index is 0.0868. The molecule has 1 aliphatic rings. The van der Waals surface area contributed by atoms with Crippen molar-refractivity contribution in [1.82, 2.24) is 4.98 Å². The van der Waals surface area contributed by atoms with E-state index in [1.54, 1.807) is 12.2 Å². The third-order valence-electron chi connectivity index (χ3n) is 3.05. The molecule has 0 bridgehead atoms. The molecule has 1 aromatic rings. The van der Waals surface area contributed by atoms with E-state index in [-0.39, 0.29) is 5.82 Å². The Hall–Kier alpha value is -2.24. The van der Waals surface area contributed by atoms with Crippen LogP contribution in [-0.4, -0.2) is 22.0 Å². The Morgan fingerprint density at radius 3 is 2.58 bits per heavy atom. The number of allylic oxidation sites excluding steroid dienone is 2. The maximum atomic E-state index is 12.9. The van der Waals surface area contributed by atoms with Crippen molar-refractivity contribution < 1.29 is 19.1 Å². The molecule has 100 valence electrons. The van der Waals surface area contributed by atoms with E-state index in [9.17, 15) is 14.0 Å². The smallest absolute Gasteiger partial charge is 0.307 e. The first-order chi connectivity index (χ1) is 9.08. The number of hydrogen-bond acceptors (Lipinski definition) is 3. The van der Waals surface area contributed by atoms with Gasteiger partial charge in [-0.25, -0.2) is 4.98 Å². The Morgan fingerprint density at radius 1 is 1.26 bits per heavy atom. The molecule has 0 aromatic carbocycles. The summed E-state index contributed by atoms with van der Waals surface area (Å²) in [5.41, 5.74) is 0. The van der Waals surface area contributed by atoms with Crippen molar-refractivity contribution in [1.29, 1.82) is 0 Å². The van der Waals surface area contributed by atoms with Crippen LogP contribution in [0.15, 0.2) is 30.4 Å². The van der Waals surface area contributed by atoms with Crippen LogP contribution in [0.5, 0.6) is 0 Å². The summed E-state index contributed by atoms with van der Waals surface area (Å²) in [6.45, 7) is 0. The average Bonchev–Trinajstić information content (AvgIpc) is 2.38. The molecule has 2 rings (SSSR count). The van der Waals surface area contributed by atoms with Crippen LogP contribution < -0.4 is 5.32 Å². The second-order valence-corrected chi connectivity index (χ2v) is 4.33. The molecule has 19 heavy (non-hydrogen) atoms. The highest BCUT2D eigenvalue weighted by molar-refractivity contribution is 5.94. The van der Waals surface area contributed by atoms with Gasteiger partial charge in [0, 0.05) is 0 Å². The van der Waals surface area contributed by atoms with Gasteiger partial charge in [0.2, 0.25) is 11.9 Å². The second kappa shape index (κ2) is 5.60. The largest absolute Gasteiger partial charge is 0.481 e. The van der Waals surface area contributed by atoms with Crippen molar-refractivity contribution in [3.8, 4) is 0 Å². The van der Waals surface area contributed by atoms with E-state index in [2.05, 4.69) is 10.3 Å². The van der Waals surface area contributed by atoms with E-state index in [1.807, 2.05) is 0 Å². The van der Waals surface area contributed by atoms with E-state index >= 15 is 0 Å². The number of amides is 1. The van der Waals surface area contributed by atoms with Gasteiger partial charge in [0.05, 0.1) is 11.8 Å². The van der Waals surface area contributed by atoms with Crippen molar-refractivity contribution in [2.45, 2.75) is 12.8 Å². The van der Waals surface area contributed by atoms with Gasteiger partial charge in [0.25, 0.3) is 0 Å². The highest BCUT2D eigenvalue weighted by Gasteiger charge is 2.34. The van der Waals surface area contributed by atoms with Crippen molar-refractivity contribution >= 4 is 17.7 Å². The molecular weight excluding hydrogens is 251 g/mol. The Morgan fingerprint density at radius 2 is 1.95 bits per heavy atom. The number of rotatable bonds is 3. The van der Waals surface area contributed by atoms with Crippen molar-refractivity contribution in [3.63, 3.8) is 0 Å². The van der Waals surface area contributed by atoms with Gasteiger partial charge in [0.15, 0.2) is 0 Å². The first kappa shape index (κ1) is 13.2. The van der Waals surface area contributed by atoms with Crippen molar-refractivity contribution in [2.24, 2.45) is 11.8 Å². The van der Waals surface area contributed by atoms with Gasteiger partial charge in [-0.15, -0.1) is 0 Å². The van der Waals surface area contributed by atoms with Gasteiger partial charge in [-0.1, -0.05) is 18.2 Å². The van der Waals surface area contributed by atoms with E-state index < -0.39 is 29.7 Å². The number of aliphatic carboxylic acids is 1. The summed E-state index contributed by atoms with van der Waals surface area (Å²) in [5, 5.41) is 11.5. The standard InChI is InChI=1S/C13H13FN2O3/c14-10-6-3-7-11(15-10)16-12(17)8-4-1-2-5-9(8)13(18)19/h1-3,6-9H,4-5H2,(H,18,19)(H,15,16,17). The first-order valence-corrected chi connectivity index (χ1v) is 5.89. The van der Waals surface area contributed by atoms with Gasteiger partial charge in [0.1, 0.15) is 5.82 Å². The maximum Gasteiger partial charge on any atom is 0.307 e. The number of anilines is 1. The molecule has 0 radical (unpaired) electrons. The molecule has 2 atom stereocenters. The predicted octanol–water partition coefficient (Wildman–Crippen LogP) is 1.83. The highest BCUT2D eigenvalue weighted by Crippen LogP contribution is 2.27. The predicted molar refractivity (Wildman–Crippen MR) is 65.8 cm³/mol. The van der Waals surface area contributed by atoms with Gasteiger partial charge < -0.3 is 10.4 Å². The van der Waals surface area contributed by atoms with Crippen LogP contribution in [0.1, 0.15) is 12.8 Å². The zero-order valence-corrected chi connectivity index (χ0v) is 10.0. The fourth-order valence-corrected chi connectivity index (χ4v) is 2.07. The molecule has 1 aliphatic carbocycles. The number of carbonyl (C=O) groups excluding carboxylic acids is 1. The number of hydrogen-bond donors (Lipinski definition) is 2. The van der Waals surface area contributed by atoms with Gasteiger partial charge in [-0.2, -0.15) is 4.39 Å². The van der Waals surface area contributed by atoms with E-state index in [1.165, 1.54) is 18.2 Å².